The largest absolute Gasteiger partial charge is 0.493 e. The zero-order valence-corrected chi connectivity index (χ0v) is 11.0. The maximum Gasteiger partial charge on any atom is 0.169 e. The molecule has 94 valence electrons. The summed E-state index contributed by atoms with van der Waals surface area (Å²) in [4.78, 5) is 4.31. The van der Waals surface area contributed by atoms with Crippen LogP contribution in [0, 0.1) is 6.92 Å². The summed E-state index contributed by atoms with van der Waals surface area (Å²) < 4.78 is 5.29. The molecule has 0 aliphatic carbocycles. The molecule has 0 aliphatic rings. The molecule has 1 unspecified atom stereocenters. The van der Waals surface area contributed by atoms with Gasteiger partial charge in [-0.25, -0.2) is 4.98 Å². The molecule has 0 fully saturated rings. The Morgan fingerprint density at radius 2 is 1.94 bits per heavy atom. The van der Waals surface area contributed by atoms with Crippen LogP contribution in [-0.4, -0.2) is 12.1 Å². The molecule has 0 saturated carbocycles. The van der Waals surface area contributed by atoms with Gasteiger partial charge >= 0.3 is 0 Å². The van der Waals surface area contributed by atoms with Gasteiger partial charge in [-0.15, -0.1) is 0 Å². The molecule has 2 aromatic rings. The Morgan fingerprint density at radius 3 is 2.67 bits per heavy atom. The van der Waals surface area contributed by atoms with E-state index in [1.54, 1.807) is 13.3 Å². The van der Waals surface area contributed by atoms with Crippen molar-refractivity contribution in [1.29, 1.82) is 0 Å². The number of ether oxygens (including phenoxy) is 1. The third-order valence-corrected chi connectivity index (χ3v) is 3.00. The molecule has 0 bridgehead atoms. The summed E-state index contributed by atoms with van der Waals surface area (Å²) in [5.74, 6) is 1.54. The maximum atomic E-state index is 5.29. The number of aromatic nitrogens is 1. The quantitative estimate of drug-likeness (QED) is 0.890. The van der Waals surface area contributed by atoms with E-state index in [1.807, 2.05) is 18.2 Å². The van der Waals surface area contributed by atoms with E-state index in [0.29, 0.717) is 0 Å². The second kappa shape index (κ2) is 5.54. The molecule has 0 saturated heterocycles. The molecule has 0 amide bonds. The van der Waals surface area contributed by atoms with Gasteiger partial charge in [0.1, 0.15) is 0 Å². The van der Waals surface area contributed by atoms with E-state index < -0.39 is 0 Å². The number of rotatable bonds is 4. The van der Waals surface area contributed by atoms with Crippen molar-refractivity contribution >= 4 is 5.82 Å². The Kier molecular flexibility index (Phi) is 3.82. The highest BCUT2D eigenvalue weighted by Gasteiger charge is 2.10. The van der Waals surface area contributed by atoms with E-state index in [0.717, 1.165) is 11.6 Å². The fourth-order valence-electron chi connectivity index (χ4n) is 2.02. The van der Waals surface area contributed by atoms with E-state index >= 15 is 0 Å². The summed E-state index contributed by atoms with van der Waals surface area (Å²) in [5, 5.41) is 3.38. The van der Waals surface area contributed by atoms with Crippen molar-refractivity contribution < 1.29 is 4.74 Å². The van der Waals surface area contributed by atoms with Gasteiger partial charge in [-0.05, 0) is 37.1 Å². The number of aryl methyl sites for hydroxylation is 1. The third-order valence-electron chi connectivity index (χ3n) is 3.00. The fourth-order valence-corrected chi connectivity index (χ4v) is 2.02. The number of hydrogen-bond donors (Lipinski definition) is 1. The van der Waals surface area contributed by atoms with Crippen molar-refractivity contribution in [3.05, 3.63) is 53.7 Å². The molecule has 2 rings (SSSR count). The minimum Gasteiger partial charge on any atom is -0.493 e. The first kappa shape index (κ1) is 12.4. The van der Waals surface area contributed by atoms with Crippen LogP contribution in [0.1, 0.15) is 24.1 Å². The van der Waals surface area contributed by atoms with Gasteiger partial charge in [0.2, 0.25) is 0 Å². The van der Waals surface area contributed by atoms with E-state index in [-0.39, 0.29) is 6.04 Å². The lowest BCUT2D eigenvalue weighted by Gasteiger charge is -2.18. The lowest BCUT2D eigenvalue weighted by atomic mass is 10.0. The van der Waals surface area contributed by atoms with Crippen LogP contribution >= 0.6 is 0 Å². The van der Waals surface area contributed by atoms with Crippen molar-refractivity contribution in [3.63, 3.8) is 0 Å². The molecule has 3 heteroatoms. The summed E-state index contributed by atoms with van der Waals surface area (Å²) in [6.07, 6.45) is 1.76. The predicted molar refractivity (Wildman–Crippen MR) is 74.0 cm³/mol. The summed E-state index contributed by atoms with van der Waals surface area (Å²) in [6.45, 7) is 4.24. The Bertz CT molecular complexity index is 525. The molecule has 0 spiro atoms. The molecule has 0 aliphatic heterocycles. The van der Waals surface area contributed by atoms with Gasteiger partial charge < -0.3 is 10.1 Å². The Labute approximate surface area is 108 Å². The van der Waals surface area contributed by atoms with E-state index in [4.69, 9.17) is 4.74 Å². The molecular formula is C15H18N2O. The molecule has 1 atom stereocenters. The van der Waals surface area contributed by atoms with E-state index in [1.165, 1.54) is 11.1 Å². The van der Waals surface area contributed by atoms with Crippen molar-refractivity contribution in [2.45, 2.75) is 19.9 Å². The van der Waals surface area contributed by atoms with Crippen LogP contribution in [0.15, 0.2) is 42.6 Å². The average molecular weight is 242 g/mol. The normalized spacial score (nSPS) is 11.9. The second-order valence-corrected chi connectivity index (χ2v) is 4.28. The zero-order valence-electron chi connectivity index (χ0n) is 11.0. The number of nitrogens with one attached hydrogen (secondary N) is 1. The Hall–Kier alpha value is -2.03. The van der Waals surface area contributed by atoms with Crippen molar-refractivity contribution in [2.24, 2.45) is 0 Å². The summed E-state index contributed by atoms with van der Waals surface area (Å²) in [5.41, 5.74) is 2.54. The lowest BCUT2D eigenvalue weighted by molar-refractivity contribution is 0.414. The van der Waals surface area contributed by atoms with Gasteiger partial charge in [0.05, 0.1) is 13.2 Å². The fraction of sp³-hybridized carbons (Fsp3) is 0.267. The molecule has 1 aromatic carbocycles. The molecule has 18 heavy (non-hydrogen) atoms. The molecule has 3 nitrogen and oxygen atoms in total. The summed E-state index contributed by atoms with van der Waals surface area (Å²) in [7, 11) is 1.65. The standard InChI is InChI=1S/C15H18N2O/c1-11-7-4-5-8-13(11)12(2)17-15-14(18-3)9-6-10-16-15/h4-10,12H,1-3H3,(H,16,17). The van der Waals surface area contributed by atoms with Crippen LogP contribution in [0.4, 0.5) is 5.82 Å². The van der Waals surface area contributed by atoms with Crippen LogP contribution < -0.4 is 10.1 Å². The van der Waals surface area contributed by atoms with Crippen LogP contribution in [-0.2, 0) is 0 Å². The van der Waals surface area contributed by atoms with Gasteiger partial charge in [-0.1, -0.05) is 24.3 Å². The minimum absolute atomic E-state index is 0.190. The van der Waals surface area contributed by atoms with Crippen molar-refractivity contribution in [3.8, 4) is 5.75 Å². The second-order valence-electron chi connectivity index (χ2n) is 4.28. The van der Waals surface area contributed by atoms with Crippen LogP contribution in [0.25, 0.3) is 0 Å². The first-order chi connectivity index (χ1) is 8.72. The monoisotopic (exact) mass is 242 g/mol. The molecule has 1 aromatic heterocycles. The topological polar surface area (TPSA) is 34.1 Å². The highest BCUT2D eigenvalue weighted by molar-refractivity contribution is 5.51. The number of benzene rings is 1. The first-order valence-electron chi connectivity index (χ1n) is 6.03. The van der Waals surface area contributed by atoms with Gasteiger partial charge in [-0.3, -0.25) is 0 Å². The first-order valence-corrected chi connectivity index (χ1v) is 6.03. The Morgan fingerprint density at radius 1 is 1.17 bits per heavy atom. The van der Waals surface area contributed by atoms with Gasteiger partial charge in [-0.2, -0.15) is 0 Å². The third kappa shape index (κ3) is 2.62. The van der Waals surface area contributed by atoms with Crippen molar-refractivity contribution in [1.82, 2.24) is 4.98 Å². The van der Waals surface area contributed by atoms with Crippen LogP contribution in [0.5, 0.6) is 5.75 Å². The average Bonchev–Trinajstić information content (AvgIpc) is 2.39. The highest BCUT2D eigenvalue weighted by atomic mass is 16.5. The van der Waals surface area contributed by atoms with E-state index in [2.05, 4.69) is 42.3 Å². The predicted octanol–water partition coefficient (Wildman–Crippen LogP) is 3.57. The van der Waals surface area contributed by atoms with Crippen LogP contribution in [0.2, 0.25) is 0 Å². The summed E-state index contributed by atoms with van der Waals surface area (Å²) in [6, 6.07) is 12.3. The van der Waals surface area contributed by atoms with Crippen LogP contribution in [0.3, 0.4) is 0 Å². The van der Waals surface area contributed by atoms with Gasteiger partial charge in [0.15, 0.2) is 11.6 Å². The minimum atomic E-state index is 0.190. The number of hydrogen-bond acceptors (Lipinski definition) is 3. The number of anilines is 1. The number of pyridine rings is 1. The lowest BCUT2D eigenvalue weighted by Crippen LogP contribution is -2.10. The molecule has 1 N–H and O–H groups in total. The number of methoxy groups -OCH3 is 1. The summed E-state index contributed by atoms with van der Waals surface area (Å²) >= 11 is 0. The molecule has 1 heterocycles. The Balaban J connectivity index is 2.21. The molecular weight excluding hydrogens is 224 g/mol. The smallest absolute Gasteiger partial charge is 0.169 e. The molecule has 0 radical (unpaired) electrons. The van der Waals surface area contributed by atoms with Gasteiger partial charge in [0, 0.05) is 6.20 Å². The maximum absolute atomic E-state index is 5.29. The van der Waals surface area contributed by atoms with Crippen molar-refractivity contribution in [2.75, 3.05) is 12.4 Å². The van der Waals surface area contributed by atoms with Gasteiger partial charge in [0.25, 0.3) is 0 Å². The number of nitrogens with zero attached hydrogens (tertiary/aromatic N) is 1. The highest BCUT2D eigenvalue weighted by Crippen LogP contribution is 2.26. The SMILES string of the molecule is COc1cccnc1NC(C)c1ccccc1C. The zero-order chi connectivity index (χ0) is 13.0. The van der Waals surface area contributed by atoms with E-state index in [9.17, 15) is 0 Å².